The summed E-state index contributed by atoms with van der Waals surface area (Å²) in [5, 5.41) is 13.4. The van der Waals surface area contributed by atoms with Gasteiger partial charge in [0.25, 0.3) is 5.91 Å². The third-order valence-electron chi connectivity index (χ3n) is 2.61. The molecule has 1 aromatic heterocycles. The molecular weight excluding hydrogens is 305 g/mol. The number of carbonyl (C=O) groups excluding carboxylic acids is 1. The SMILES string of the molecule is CNc1ccc(C(F)(F)F)cc1C(=O)Nc1nnc(C)s1. The number of nitrogens with zero attached hydrogens (tertiary/aromatic N) is 2. The smallest absolute Gasteiger partial charge is 0.387 e. The van der Waals surface area contributed by atoms with Gasteiger partial charge in [-0.3, -0.25) is 10.1 Å². The predicted molar refractivity (Wildman–Crippen MR) is 73.6 cm³/mol. The van der Waals surface area contributed by atoms with E-state index in [2.05, 4.69) is 20.8 Å². The third-order valence-corrected chi connectivity index (χ3v) is 3.36. The lowest BCUT2D eigenvalue weighted by Gasteiger charge is -2.12. The normalized spacial score (nSPS) is 11.3. The molecule has 0 aliphatic rings. The molecule has 0 aliphatic carbocycles. The molecule has 21 heavy (non-hydrogen) atoms. The summed E-state index contributed by atoms with van der Waals surface area (Å²) in [4.78, 5) is 12.1. The summed E-state index contributed by atoms with van der Waals surface area (Å²) in [6.07, 6.45) is -4.51. The maximum absolute atomic E-state index is 12.7. The number of aromatic nitrogens is 2. The Hall–Kier alpha value is -2.16. The van der Waals surface area contributed by atoms with Crippen molar-refractivity contribution in [2.75, 3.05) is 17.7 Å². The monoisotopic (exact) mass is 316 g/mol. The van der Waals surface area contributed by atoms with Crippen LogP contribution in [0.4, 0.5) is 24.0 Å². The molecule has 2 N–H and O–H groups in total. The maximum atomic E-state index is 12.7. The van der Waals surface area contributed by atoms with Crippen LogP contribution in [0.15, 0.2) is 18.2 Å². The summed E-state index contributed by atoms with van der Waals surface area (Å²) >= 11 is 1.14. The molecule has 2 rings (SSSR count). The number of carbonyl (C=O) groups is 1. The molecule has 0 fully saturated rings. The number of hydrogen-bond acceptors (Lipinski definition) is 5. The fourth-order valence-corrected chi connectivity index (χ4v) is 2.22. The van der Waals surface area contributed by atoms with Crippen molar-refractivity contribution in [1.82, 2.24) is 10.2 Å². The van der Waals surface area contributed by atoms with Crippen LogP contribution in [0.5, 0.6) is 0 Å². The molecule has 1 aromatic carbocycles. The topological polar surface area (TPSA) is 66.9 Å². The number of amides is 1. The summed E-state index contributed by atoms with van der Waals surface area (Å²) in [6.45, 7) is 1.70. The van der Waals surface area contributed by atoms with E-state index >= 15 is 0 Å². The second-order valence-corrected chi connectivity index (χ2v) is 5.27. The Labute approximate surface area is 122 Å². The van der Waals surface area contributed by atoms with Crippen molar-refractivity contribution in [2.24, 2.45) is 0 Å². The molecule has 0 spiro atoms. The van der Waals surface area contributed by atoms with Crippen molar-refractivity contribution < 1.29 is 18.0 Å². The average Bonchev–Trinajstić information content (AvgIpc) is 2.82. The van der Waals surface area contributed by atoms with Crippen LogP contribution in [0.2, 0.25) is 0 Å². The van der Waals surface area contributed by atoms with Crippen LogP contribution in [0.1, 0.15) is 20.9 Å². The van der Waals surface area contributed by atoms with Gasteiger partial charge in [-0.2, -0.15) is 13.2 Å². The molecule has 5 nitrogen and oxygen atoms in total. The Morgan fingerprint density at radius 2 is 2.00 bits per heavy atom. The fourth-order valence-electron chi connectivity index (χ4n) is 1.64. The number of hydrogen-bond donors (Lipinski definition) is 2. The van der Waals surface area contributed by atoms with Gasteiger partial charge in [-0.15, -0.1) is 10.2 Å². The van der Waals surface area contributed by atoms with Crippen LogP contribution >= 0.6 is 11.3 Å². The Morgan fingerprint density at radius 1 is 1.29 bits per heavy atom. The van der Waals surface area contributed by atoms with Crippen LogP contribution < -0.4 is 10.6 Å². The molecule has 1 amide bonds. The van der Waals surface area contributed by atoms with Crippen molar-refractivity contribution in [1.29, 1.82) is 0 Å². The van der Waals surface area contributed by atoms with Crippen LogP contribution in [-0.2, 0) is 6.18 Å². The first-order valence-electron chi connectivity index (χ1n) is 5.81. The van der Waals surface area contributed by atoms with Gasteiger partial charge in [-0.1, -0.05) is 11.3 Å². The number of benzene rings is 1. The Kier molecular flexibility index (Phi) is 4.12. The standard InChI is InChI=1S/C12H11F3N4OS/c1-6-18-19-11(21-6)17-10(20)8-5-7(12(13,14)15)3-4-9(8)16-2/h3-5,16H,1-2H3,(H,17,19,20). The van der Waals surface area contributed by atoms with Crippen LogP contribution in [0, 0.1) is 6.92 Å². The largest absolute Gasteiger partial charge is 0.416 e. The highest BCUT2D eigenvalue weighted by Crippen LogP contribution is 2.32. The number of aryl methyl sites for hydroxylation is 1. The van der Waals surface area contributed by atoms with Gasteiger partial charge in [-0.25, -0.2) is 0 Å². The first-order chi connectivity index (χ1) is 9.81. The zero-order valence-electron chi connectivity index (χ0n) is 11.1. The molecule has 0 saturated heterocycles. The molecule has 0 aliphatic heterocycles. The summed E-state index contributed by atoms with van der Waals surface area (Å²) in [5.74, 6) is -0.679. The number of halogens is 3. The first-order valence-corrected chi connectivity index (χ1v) is 6.63. The Bertz CT molecular complexity index is 669. The van der Waals surface area contributed by atoms with E-state index in [0.717, 1.165) is 23.5 Å². The highest BCUT2D eigenvalue weighted by Gasteiger charge is 2.31. The zero-order valence-corrected chi connectivity index (χ0v) is 11.9. The minimum absolute atomic E-state index is 0.111. The fraction of sp³-hybridized carbons (Fsp3) is 0.250. The van der Waals surface area contributed by atoms with E-state index in [0.29, 0.717) is 10.7 Å². The van der Waals surface area contributed by atoms with E-state index in [1.807, 2.05) is 0 Å². The minimum atomic E-state index is -4.51. The van der Waals surface area contributed by atoms with E-state index in [1.165, 1.54) is 13.1 Å². The van der Waals surface area contributed by atoms with Crippen LogP contribution in [-0.4, -0.2) is 23.2 Å². The number of nitrogens with one attached hydrogen (secondary N) is 2. The molecule has 0 radical (unpaired) electrons. The van der Waals surface area contributed by atoms with Crippen molar-refractivity contribution in [3.63, 3.8) is 0 Å². The lowest BCUT2D eigenvalue weighted by atomic mass is 10.1. The molecular formula is C12H11F3N4OS. The third kappa shape index (κ3) is 3.48. The molecule has 0 atom stereocenters. The van der Waals surface area contributed by atoms with E-state index in [1.54, 1.807) is 6.92 Å². The summed E-state index contributed by atoms with van der Waals surface area (Å²) in [6, 6.07) is 2.93. The van der Waals surface area contributed by atoms with Gasteiger partial charge in [0.1, 0.15) is 5.01 Å². The highest BCUT2D eigenvalue weighted by atomic mass is 32.1. The zero-order chi connectivity index (χ0) is 15.6. The molecule has 0 bridgehead atoms. The summed E-state index contributed by atoms with van der Waals surface area (Å²) in [7, 11) is 1.52. The average molecular weight is 316 g/mol. The molecule has 0 unspecified atom stereocenters. The van der Waals surface area contributed by atoms with Crippen LogP contribution in [0.25, 0.3) is 0 Å². The van der Waals surface area contributed by atoms with E-state index < -0.39 is 17.6 Å². The van der Waals surface area contributed by atoms with E-state index in [4.69, 9.17) is 0 Å². The van der Waals surface area contributed by atoms with Gasteiger partial charge >= 0.3 is 6.18 Å². The number of anilines is 2. The van der Waals surface area contributed by atoms with Crippen molar-refractivity contribution in [3.05, 3.63) is 34.3 Å². The van der Waals surface area contributed by atoms with Gasteiger partial charge in [0, 0.05) is 12.7 Å². The van der Waals surface area contributed by atoms with Crippen LogP contribution in [0.3, 0.4) is 0 Å². The maximum Gasteiger partial charge on any atom is 0.416 e. The second-order valence-electron chi connectivity index (χ2n) is 4.09. The Morgan fingerprint density at radius 3 is 2.52 bits per heavy atom. The minimum Gasteiger partial charge on any atom is -0.387 e. The summed E-state index contributed by atoms with van der Waals surface area (Å²) in [5.41, 5.74) is -0.706. The van der Waals surface area contributed by atoms with Gasteiger partial charge in [0.05, 0.1) is 11.1 Å². The van der Waals surface area contributed by atoms with E-state index in [9.17, 15) is 18.0 Å². The van der Waals surface area contributed by atoms with Gasteiger partial charge in [0.2, 0.25) is 5.13 Å². The lowest BCUT2D eigenvalue weighted by molar-refractivity contribution is -0.137. The lowest BCUT2D eigenvalue weighted by Crippen LogP contribution is -2.16. The van der Waals surface area contributed by atoms with Crippen molar-refractivity contribution in [3.8, 4) is 0 Å². The predicted octanol–water partition coefficient (Wildman–Crippen LogP) is 3.16. The van der Waals surface area contributed by atoms with Gasteiger partial charge < -0.3 is 5.32 Å². The second kappa shape index (κ2) is 5.68. The number of rotatable bonds is 3. The van der Waals surface area contributed by atoms with Crippen molar-refractivity contribution >= 4 is 28.1 Å². The van der Waals surface area contributed by atoms with Crippen molar-refractivity contribution in [2.45, 2.75) is 13.1 Å². The van der Waals surface area contributed by atoms with E-state index in [-0.39, 0.29) is 10.7 Å². The molecule has 0 saturated carbocycles. The molecule has 9 heteroatoms. The van der Waals surface area contributed by atoms with Gasteiger partial charge in [-0.05, 0) is 25.1 Å². The molecule has 112 valence electrons. The highest BCUT2D eigenvalue weighted by molar-refractivity contribution is 7.15. The molecule has 1 heterocycles. The molecule has 2 aromatic rings. The van der Waals surface area contributed by atoms with Gasteiger partial charge in [0.15, 0.2) is 0 Å². The number of alkyl halides is 3. The summed E-state index contributed by atoms with van der Waals surface area (Å²) < 4.78 is 38.2. The Balaban J connectivity index is 2.34. The first kappa shape index (κ1) is 15.2. The quantitative estimate of drug-likeness (QED) is 0.913.